The molecule has 1 aliphatic rings. The van der Waals surface area contributed by atoms with Crippen molar-refractivity contribution in [3.05, 3.63) is 52.5 Å². The molecule has 0 atom stereocenters. The molecule has 3 aromatic rings. The third kappa shape index (κ3) is 2.34. The van der Waals surface area contributed by atoms with Gasteiger partial charge in [0.1, 0.15) is 0 Å². The normalized spacial score (nSPS) is 13.0. The van der Waals surface area contributed by atoms with Crippen LogP contribution in [-0.4, -0.2) is 16.7 Å². The van der Waals surface area contributed by atoms with Gasteiger partial charge in [-0.05, 0) is 48.4 Å². The van der Waals surface area contributed by atoms with E-state index in [1.807, 2.05) is 30.3 Å². The predicted octanol–water partition coefficient (Wildman–Crippen LogP) is 4.13. The molecule has 0 saturated carbocycles. The van der Waals surface area contributed by atoms with Crippen molar-refractivity contribution < 1.29 is 4.52 Å². The summed E-state index contributed by atoms with van der Waals surface area (Å²) < 4.78 is 6.42. The third-order valence-corrected chi connectivity index (χ3v) is 4.12. The Balaban J connectivity index is 1.69. The Hall–Kier alpha value is -2.14. The third-order valence-electron chi connectivity index (χ3n) is 3.60. The highest BCUT2D eigenvalue weighted by molar-refractivity contribution is 9.10. The number of rotatable bonds is 2. The van der Waals surface area contributed by atoms with Gasteiger partial charge in [-0.2, -0.15) is 4.98 Å². The lowest BCUT2D eigenvalue weighted by Gasteiger charge is -2.00. The lowest BCUT2D eigenvalue weighted by Crippen LogP contribution is -1.91. The van der Waals surface area contributed by atoms with E-state index in [0.29, 0.717) is 11.7 Å². The lowest BCUT2D eigenvalue weighted by molar-refractivity contribution is 0.432. The van der Waals surface area contributed by atoms with E-state index in [2.05, 4.69) is 43.5 Å². The average Bonchev–Trinajstić information content (AvgIpc) is 3.16. The first-order valence-corrected chi connectivity index (χ1v) is 7.56. The van der Waals surface area contributed by atoms with E-state index in [9.17, 15) is 0 Å². The van der Waals surface area contributed by atoms with Crippen LogP contribution in [0, 0.1) is 0 Å². The SMILES string of the molecule is Brc1ccc(-c2noc(-c3ccc4c(c3)NCC4)n2)cc1. The number of hydrogen-bond acceptors (Lipinski definition) is 4. The highest BCUT2D eigenvalue weighted by atomic mass is 79.9. The van der Waals surface area contributed by atoms with Crippen LogP contribution in [0.25, 0.3) is 22.8 Å². The summed E-state index contributed by atoms with van der Waals surface area (Å²) in [6, 6.07) is 14.1. The summed E-state index contributed by atoms with van der Waals surface area (Å²) >= 11 is 3.42. The number of benzene rings is 2. The van der Waals surface area contributed by atoms with Crippen LogP contribution in [0.3, 0.4) is 0 Å². The minimum absolute atomic E-state index is 0.546. The second-order valence-electron chi connectivity index (χ2n) is 4.98. The standard InChI is InChI=1S/C16H12BrN3O/c17-13-5-3-11(4-6-13)15-19-16(21-20-15)12-2-1-10-7-8-18-14(10)9-12/h1-6,9,18H,7-8H2. The molecular weight excluding hydrogens is 330 g/mol. The van der Waals surface area contributed by atoms with E-state index in [4.69, 9.17) is 4.52 Å². The fourth-order valence-corrected chi connectivity index (χ4v) is 2.75. The van der Waals surface area contributed by atoms with Gasteiger partial charge in [0.2, 0.25) is 5.82 Å². The van der Waals surface area contributed by atoms with Gasteiger partial charge in [-0.3, -0.25) is 0 Å². The van der Waals surface area contributed by atoms with Crippen molar-refractivity contribution >= 4 is 21.6 Å². The second kappa shape index (κ2) is 5.00. The van der Waals surface area contributed by atoms with E-state index in [0.717, 1.165) is 34.3 Å². The molecule has 1 aliphatic heterocycles. The smallest absolute Gasteiger partial charge is 0.258 e. The van der Waals surface area contributed by atoms with Crippen LogP contribution >= 0.6 is 15.9 Å². The number of hydrogen-bond donors (Lipinski definition) is 1. The van der Waals surface area contributed by atoms with Crippen molar-refractivity contribution in [2.45, 2.75) is 6.42 Å². The molecular formula is C16H12BrN3O. The van der Waals surface area contributed by atoms with Gasteiger partial charge >= 0.3 is 0 Å². The minimum atomic E-state index is 0.546. The van der Waals surface area contributed by atoms with Gasteiger partial charge in [0.05, 0.1) is 0 Å². The highest BCUT2D eigenvalue weighted by Gasteiger charge is 2.15. The van der Waals surface area contributed by atoms with Crippen molar-refractivity contribution in [1.82, 2.24) is 10.1 Å². The van der Waals surface area contributed by atoms with E-state index in [1.54, 1.807) is 0 Å². The molecule has 0 bridgehead atoms. The zero-order chi connectivity index (χ0) is 14.2. The number of nitrogens with zero attached hydrogens (tertiary/aromatic N) is 2. The number of aromatic nitrogens is 2. The van der Waals surface area contributed by atoms with Crippen LogP contribution in [0.1, 0.15) is 5.56 Å². The Bertz CT molecular complexity index is 796. The molecule has 4 rings (SSSR count). The van der Waals surface area contributed by atoms with Crippen LogP contribution in [0.5, 0.6) is 0 Å². The molecule has 0 unspecified atom stereocenters. The quantitative estimate of drug-likeness (QED) is 0.761. The molecule has 5 heteroatoms. The van der Waals surface area contributed by atoms with Crippen LogP contribution in [0.2, 0.25) is 0 Å². The molecule has 0 spiro atoms. The fraction of sp³-hybridized carbons (Fsp3) is 0.125. The minimum Gasteiger partial charge on any atom is -0.384 e. The Morgan fingerprint density at radius 1 is 1.05 bits per heavy atom. The van der Waals surface area contributed by atoms with Crippen LogP contribution < -0.4 is 5.32 Å². The van der Waals surface area contributed by atoms with Crippen LogP contribution in [0.4, 0.5) is 5.69 Å². The molecule has 4 nitrogen and oxygen atoms in total. The molecule has 104 valence electrons. The summed E-state index contributed by atoms with van der Waals surface area (Å²) in [5.74, 6) is 1.15. The Kier molecular flexibility index (Phi) is 3.00. The maximum Gasteiger partial charge on any atom is 0.258 e. The molecule has 2 heterocycles. The highest BCUT2D eigenvalue weighted by Crippen LogP contribution is 2.29. The van der Waals surface area contributed by atoms with Gasteiger partial charge in [0.25, 0.3) is 5.89 Å². The first-order chi connectivity index (χ1) is 10.3. The Morgan fingerprint density at radius 2 is 1.86 bits per heavy atom. The molecule has 1 aromatic heterocycles. The van der Waals surface area contributed by atoms with Crippen LogP contribution in [0.15, 0.2) is 51.5 Å². The average molecular weight is 342 g/mol. The first kappa shape index (κ1) is 12.6. The second-order valence-corrected chi connectivity index (χ2v) is 5.89. The van der Waals surface area contributed by atoms with Crippen molar-refractivity contribution in [2.75, 3.05) is 11.9 Å². The monoisotopic (exact) mass is 341 g/mol. The molecule has 21 heavy (non-hydrogen) atoms. The van der Waals surface area contributed by atoms with Gasteiger partial charge in [0, 0.05) is 27.8 Å². The zero-order valence-corrected chi connectivity index (χ0v) is 12.7. The maximum atomic E-state index is 5.39. The van der Waals surface area contributed by atoms with Crippen molar-refractivity contribution in [3.8, 4) is 22.8 Å². The summed E-state index contributed by atoms with van der Waals surface area (Å²) in [5.41, 5.74) is 4.38. The Labute approximate surface area is 130 Å². The van der Waals surface area contributed by atoms with Gasteiger partial charge in [-0.15, -0.1) is 0 Å². The maximum absolute atomic E-state index is 5.39. The van der Waals surface area contributed by atoms with Crippen molar-refractivity contribution in [3.63, 3.8) is 0 Å². The lowest BCUT2D eigenvalue weighted by atomic mass is 10.1. The molecule has 0 radical (unpaired) electrons. The van der Waals surface area contributed by atoms with E-state index < -0.39 is 0 Å². The molecule has 0 fully saturated rings. The number of halogens is 1. The number of anilines is 1. The van der Waals surface area contributed by atoms with Gasteiger partial charge < -0.3 is 9.84 Å². The van der Waals surface area contributed by atoms with Gasteiger partial charge in [-0.25, -0.2) is 0 Å². The van der Waals surface area contributed by atoms with Crippen LogP contribution in [-0.2, 0) is 6.42 Å². The van der Waals surface area contributed by atoms with E-state index in [1.165, 1.54) is 5.56 Å². The summed E-state index contributed by atoms with van der Waals surface area (Å²) in [4.78, 5) is 4.49. The van der Waals surface area contributed by atoms with Gasteiger partial charge in [-0.1, -0.05) is 27.2 Å². The van der Waals surface area contributed by atoms with E-state index >= 15 is 0 Å². The fourth-order valence-electron chi connectivity index (χ4n) is 2.48. The summed E-state index contributed by atoms with van der Waals surface area (Å²) in [7, 11) is 0. The summed E-state index contributed by atoms with van der Waals surface area (Å²) in [6.45, 7) is 0.993. The van der Waals surface area contributed by atoms with Crippen molar-refractivity contribution in [2.24, 2.45) is 0 Å². The summed E-state index contributed by atoms with van der Waals surface area (Å²) in [5, 5.41) is 7.42. The number of nitrogens with one attached hydrogen (secondary N) is 1. The zero-order valence-electron chi connectivity index (χ0n) is 11.1. The van der Waals surface area contributed by atoms with E-state index in [-0.39, 0.29) is 0 Å². The molecule has 1 N–H and O–H groups in total. The van der Waals surface area contributed by atoms with Gasteiger partial charge in [0.15, 0.2) is 0 Å². The molecule has 0 saturated heterocycles. The molecule has 0 amide bonds. The summed E-state index contributed by atoms with van der Waals surface area (Å²) in [6.07, 6.45) is 1.07. The Morgan fingerprint density at radius 3 is 2.71 bits per heavy atom. The van der Waals surface area contributed by atoms with Crippen molar-refractivity contribution in [1.29, 1.82) is 0 Å². The molecule has 0 aliphatic carbocycles. The predicted molar refractivity (Wildman–Crippen MR) is 85.1 cm³/mol. The molecule has 2 aromatic carbocycles. The number of fused-ring (bicyclic) bond motifs is 1. The topological polar surface area (TPSA) is 51.0 Å². The first-order valence-electron chi connectivity index (χ1n) is 6.76. The largest absolute Gasteiger partial charge is 0.384 e.